The molecule has 122 heavy (non-hydrogen) atoms. The molecule has 0 aliphatic carbocycles. The number of carbonyl (C=O) groups is 8. The molecule has 7 aliphatic heterocycles. The molecule has 7 heterocycles. The van der Waals surface area contributed by atoms with Crippen molar-refractivity contribution in [2.45, 2.75) is 176 Å². The minimum atomic E-state index is -2.35. The molecule has 0 saturated carbocycles. The summed E-state index contributed by atoms with van der Waals surface area (Å²) in [5, 5.41) is 130. The number of aliphatic hydroxyl groups is 6. The van der Waals surface area contributed by atoms with E-state index in [0.717, 1.165) is 60.2 Å². The van der Waals surface area contributed by atoms with Crippen LogP contribution in [0.25, 0.3) is 11.1 Å². The van der Waals surface area contributed by atoms with E-state index in [1.165, 1.54) is 24.3 Å². The number of quaternary nitrogens is 2. The van der Waals surface area contributed by atoms with Crippen LogP contribution in [0.2, 0.25) is 20.1 Å². The third-order valence-corrected chi connectivity index (χ3v) is 22.8. The first kappa shape index (κ1) is 90.6. The van der Waals surface area contributed by atoms with Crippen LogP contribution < -0.4 is 78.3 Å². The van der Waals surface area contributed by atoms with Gasteiger partial charge in [-0.1, -0.05) is 84.5 Å². The second-order valence-electron chi connectivity index (χ2n) is 30.9. The lowest BCUT2D eigenvalue weighted by atomic mass is 9.84. The molecule has 7 aliphatic rings. The SMILES string of the molecule is C[NH2+][C@H](CC(C)C)C(=O)NC1C(=O)N[C@@H](CC(N)=O)C(=O)NC2C(=O)N[C@H]3C(=O)NC(C(=O)NC(C(=O)NCCCC[NH3+])c4cc(O)cc(O)c4-c4cc3ccc4O)[C@H](O)c3ccc(c(Cl)c3)Oc3cc2cc(c3O[C@@H]2O[C@H](CO)[C@@H](O)[C@H](O)[C@H]2O[C@H]2C[C@](C)(Nc3ccc(OCc4ccc(Cl)c(Cl)c4)cc3)[C@H](O)[C@H](C)O2)Oc2ccc(cc2Cl)[C@H]1O. The first-order valence-corrected chi connectivity index (χ1v) is 40.6. The van der Waals surface area contributed by atoms with Gasteiger partial charge in [0.1, 0.15) is 114 Å². The lowest BCUT2D eigenvalue weighted by Gasteiger charge is -2.48. The quantitative estimate of drug-likeness (QED) is 0.0433. The highest BCUT2D eigenvalue weighted by Gasteiger charge is 2.53. The van der Waals surface area contributed by atoms with E-state index in [9.17, 15) is 60.3 Å². The topological polar surface area (TPSA) is 550 Å². The van der Waals surface area contributed by atoms with Crippen LogP contribution in [0.1, 0.15) is 124 Å². The largest absolute Gasteiger partial charge is 0.508 e. The van der Waals surface area contributed by atoms with E-state index < -0.39 is 220 Å². The second kappa shape index (κ2) is 38.9. The van der Waals surface area contributed by atoms with Crippen LogP contribution in [-0.2, 0) is 59.2 Å². The van der Waals surface area contributed by atoms with Crippen molar-refractivity contribution >= 4 is 99.3 Å². The van der Waals surface area contributed by atoms with Crippen molar-refractivity contribution in [3.05, 3.63) is 175 Å². The number of carbonyl (C=O) groups excluding carboxylic acids is 8. The Labute approximate surface area is 718 Å². The van der Waals surface area contributed by atoms with Gasteiger partial charge in [0.15, 0.2) is 29.9 Å². The predicted molar refractivity (Wildman–Crippen MR) is 437 cm³/mol. The lowest BCUT2D eigenvalue weighted by Crippen LogP contribution is -2.89. The number of anilines is 1. The molecule has 0 aromatic heterocycles. The molecule has 39 heteroatoms. The second-order valence-corrected chi connectivity index (χ2v) is 32.6. The molecule has 14 rings (SSSR count). The van der Waals surface area contributed by atoms with E-state index in [-0.39, 0.29) is 76.3 Å². The number of aliphatic hydroxyl groups excluding tert-OH is 6. The summed E-state index contributed by atoms with van der Waals surface area (Å²) in [6.07, 6.45) is -17.9. The average Bonchev–Trinajstić information content (AvgIpc) is 0.761. The molecule has 24 N–H and O–H groups in total. The first-order valence-electron chi connectivity index (χ1n) is 39.1. The van der Waals surface area contributed by atoms with Gasteiger partial charge in [0.2, 0.25) is 53.4 Å². The molecule has 2 saturated heterocycles. The maximum Gasteiger partial charge on any atom is 0.278 e. The molecule has 11 bridgehead atoms. The number of likely N-dealkylation sites (N-methyl/N-ethyl adjacent to an activating group) is 1. The summed E-state index contributed by atoms with van der Waals surface area (Å²) in [7, 11) is 1.61. The Morgan fingerprint density at radius 2 is 1.33 bits per heavy atom. The smallest absolute Gasteiger partial charge is 0.278 e. The Morgan fingerprint density at radius 3 is 1.96 bits per heavy atom. The van der Waals surface area contributed by atoms with Crippen molar-refractivity contribution in [2.75, 3.05) is 32.1 Å². The molecule has 35 nitrogen and oxygen atoms in total. The van der Waals surface area contributed by atoms with E-state index in [1.807, 2.05) is 13.8 Å². The summed E-state index contributed by atoms with van der Waals surface area (Å²) in [6, 6.07) is 12.4. The van der Waals surface area contributed by atoms with E-state index >= 15 is 24.0 Å². The Kier molecular flexibility index (Phi) is 28.9. The number of ether oxygens (including phenoxy) is 7. The van der Waals surface area contributed by atoms with Gasteiger partial charge < -0.3 is 138 Å². The third-order valence-electron chi connectivity index (χ3n) is 21.5. The standard InChI is InChI=1S/C83H93Cl4N11O24/c1-35(2)22-51(90-5)75(109)96-66-68(104)39-10-18-55(49(86)25-39)118-57-27-41-28-58(72(57)122-82-73(71(107)70(106)59(33-99)120-82)121-61-32-83(4,74(108)36(3)117-61)98-42-12-14-44(15-13-42)116-34-37-8-16-47(84)48(85)23-37)119-56-19-11-40(26-50(56)87)69(105)67-81(115)95-65(77(111)91-21-7-6-20-88)46-29-43(100)30-54(102)62(46)45-24-38(9-17-53(45)101)63(78(112)97-67)94-79(113)64(41)93-76(110)52(31-60(89)103)92-80(66)114/h8-19,23-30,35-36,51-52,59,61,63-71,73-74,82,90,98-102,104-108H,6-7,20-22,31-34,88H2,1-5H3,(H2,89,103)(H,91,111)(H,92,114)(H,93,110)(H,94,113)(H,95,115)(H,96,109)(H,97,112)/p+2/t36-,51+,52-,59+,61-,63+,64?,65?,66?,67?,68+,69+,70+,71-,73+,74+,82-,83-/m0/s1. The number of halogens is 4. The molecule has 0 radical (unpaired) electrons. The van der Waals surface area contributed by atoms with Crippen molar-refractivity contribution in [3.8, 4) is 62.9 Å². The van der Waals surface area contributed by atoms with Crippen molar-refractivity contribution in [3.63, 3.8) is 0 Å². The van der Waals surface area contributed by atoms with Crippen LogP contribution in [0.4, 0.5) is 5.69 Å². The maximum absolute atomic E-state index is 16.4. The molecule has 8 amide bonds. The number of phenolic OH excluding ortho intramolecular Hbond substituents is 3. The Balaban J connectivity index is 1.03. The number of phenols is 3. The maximum atomic E-state index is 16.4. The fraction of sp³-hybridized carbons (Fsp3) is 0.398. The summed E-state index contributed by atoms with van der Waals surface area (Å²) in [5.41, 5.74) is 7.26. The first-order chi connectivity index (χ1) is 58.0. The van der Waals surface area contributed by atoms with Crippen molar-refractivity contribution in [2.24, 2.45) is 11.7 Å². The lowest BCUT2D eigenvalue weighted by molar-refractivity contribution is -0.651. The van der Waals surface area contributed by atoms with Gasteiger partial charge in [-0.25, -0.2) is 0 Å². The van der Waals surface area contributed by atoms with Crippen molar-refractivity contribution < 1.29 is 129 Å². The van der Waals surface area contributed by atoms with Crippen LogP contribution >= 0.6 is 46.4 Å². The van der Waals surface area contributed by atoms with Gasteiger partial charge in [-0.05, 0) is 157 Å². The van der Waals surface area contributed by atoms with Gasteiger partial charge in [0.05, 0.1) is 58.4 Å². The molecule has 652 valence electrons. The number of unbranched alkanes of at least 4 members (excludes halogenated alkanes) is 1. The number of primary amides is 1. The van der Waals surface area contributed by atoms with Crippen LogP contribution in [0.5, 0.6) is 51.7 Å². The number of benzene rings is 7. The molecule has 18 atom stereocenters. The number of hydrogen-bond donors (Lipinski definition) is 20. The number of nitrogens with one attached hydrogen (secondary N) is 8. The number of fused-ring (bicyclic) bond motifs is 15. The zero-order valence-corrected chi connectivity index (χ0v) is 69.3. The summed E-state index contributed by atoms with van der Waals surface area (Å²) < 4.78 is 45.7. The fourth-order valence-corrected chi connectivity index (χ4v) is 15.8. The highest BCUT2D eigenvalue weighted by molar-refractivity contribution is 6.42. The highest BCUT2D eigenvalue weighted by Crippen LogP contribution is 2.50. The van der Waals surface area contributed by atoms with Gasteiger partial charge in [-0.3, -0.25) is 38.4 Å². The van der Waals surface area contributed by atoms with Gasteiger partial charge in [0.25, 0.3) is 5.91 Å². The number of hydrogen-bond acceptors (Lipinski definition) is 25. The Bertz CT molecular complexity index is 5100. The number of rotatable bonds is 22. The number of amides is 8. The van der Waals surface area contributed by atoms with Gasteiger partial charge >= 0.3 is 0 Å². The zero-order chi connectivity index (χ0) is 88.0. The Morgan fingerprint density at radius 1 is 0.680 bits per heavy atom. The molecule has 2 fully saturated rings. The third kappa shape index (κ3) is 20.5. The molecule has 0 spiro atoms. The molecular weight excluding hydrogens is 1680 g/mol. The van der Waals surface area contributed by atoms with Gasteiger partial charge in [-0.2, -0.15) is 0 Å². The van der Waals surface area contributed by atoms with E-state index in [2.05, 4.69) is 48.3 Å². The van der Waals surface area contributed by atoms with Crippen molar-refractivity contribution in [1.29, 1.82) is 0 Å². The van der Waals surface area contributed by atoms with E-state index in [1.54, 1.807) is 68.7 Å². The minimum absolute atomic E-state index is 0.0108. The zero-order valence-electron chi connectivity index (χ0n) is 66.3. The van der Waals surface area contributed by atoms with Gasteiger partial charge in [0, 0.05) is 42.3 Å². The number of nitrogens with two attached hydrogens (primary N) is 2. The van der Waals surface area contributed by atoms with Crippen LogP contribution in [0.15, 0.2) is 121 Å². The molecule has 7 aromatic carbocycles. The van der Waals surface area contributed by atoms with Crippen LogP contribution in [-0.4, -0.2) is 199 Å². The highest BCUT2D eigenvalue weighted by atomic mass is 35.5. The van der Waals surface area contributed by atoms with E-state index in [0.29, 0.717) is 40.9 Å². The number of aromatic hydroxyl groups is 3. The minimum Gasteiger partial charge on any atom is -0.508 e. The van der Waals surface area contributed by atoms with E-state index in [4.69, 9.17) is 85.3 Å². The normalized spacial score (nSPS) is 26.3. The average molecular weight is 1770 g/mol. The summed E-state index contributed by atoms with van der Waals surface area (Å²) in [6.45, 7) is 6.57. The summed E-state index contributed by atoms with van der Waals surface area (Å²) >= 11 is 26.8. The summed E-state index contributed by atoms with van der Waals surface area (Å²) in [5.74, 6) is -14.1. The Hall–Kier alpha value is -10.6. The molecule has 4 unspecified atom stereocenters. The predicted octanol–water partition coefficient (Wildman–Crippen LogP) is 3.17. The monoisotopic (exact) mass is 1770 g/mol. The van der Waals surface area contributed by atoms with Crippen LogP contribution in [0, 0.1) is 5.92 Å². The molecular formula is C83H95Cl4N11O24+2. The van der Waals surface area contributed by atoms with Crippen molar-refractivity contribution in [1.82, 2.24) is 37.2 Å². The summed E-state index contributed by atoms with van der Waals surface area (Å²) in [4.78, 5) is 120. The molecule has 7 aromatic rings. The van der Waals surface area contributed by atoms with Crippen LogP contribution in [0.3, 0.4) is 0 Å². The fourth-order valence-electron chi connectivity index (χ4n) is 15.1. The van der Waals surface area contributed by atoms with Gasteiger partial charge in [-0.15, -0.1) is 0 Å².